The molecule has 18 heavy (non-hydrogen) atoms. The Balaban J connectivity index is 2.08. The third-order valence-electron chi connectivity index (χ3n) is 2.56. The maximum absolute atomic E-state index is 9.19. The topological polar surface area (TPSA) is 48.7 Å². The highest BCUT2D eigenvalue weighted by atomic mass is 35.5. The summed E-state index contributed by atoms with van der Waals surface area (Å²) in [7, 11) is 0. The number of halogens is 1. The van der Waals surface area contributed by atoms with Gasteiger partial charge >= 0.3 is 0 Å². The second-order valence-electron chi connectivity index (χ2n) is 3.79. The van der Waals surface area contributed by atoms with Crippen molar-refractivity contribution in [3.05, 3.63) is 64.9 Å². The van der Waals surface area contributed by atoms with E-state index in [0.717, 1.165) is 11.3 Å². The van der Waals surface area contributed by atoms with Crippen molar-refractivity contribution in [3.63, 3.8) is 0 Å². The fourth-order valence-electron chi connectivity index (χ4n) is 1.64. The number of nitrogens with zero attached hydrogens (tertiary/aromatic N) is 2. The van der Waals surface area contributed by atoms with Crippen LogP contribution in [0.25, 0.3) is 0 Å². The first-order valence-electron chi connectivity index (χ1n) is 5.58. The molecule has 2 rings (SSSR count). The van der Waals surface area contributed by atoms with Crippen LogP contribution in [0.1, 0.15) is 17.3 Å². The second-order valence-corrected chi connectivity index (χ2v) is 4.19. The maximum Gasteiger partial charge on any atom is 0.123 e. The van der Waals surface area contributed by atoms with Crippen LogP contribution in [0.2, 0.25) is 5.02 Å². The summed E-state index contributed by atoms with van der Waals surface area (Å²) in [5, 5.41) is 12.9. The third-order valence-corrected chi connectivity index (χ3v) is 2.90. The molecule has 3 nitrogen and oxygen atoms in total. The minimum atomic E-state index is -0.430. The number of hydrogen-bond acceptors (Lipinski definition) is 3. The fraction of sp³-hybridized carbons (Fsp3) is 0.143. The second kappa shape index (κ2) is 6.15. The van der Waals surface area contributed by atoms with Crippen molar-refractivity contribution < 1.29 is 0 Å². The quantitative estimate of drug-likeness (QED) is 0.916. The first-order valence-corrected chi connectivity index (χ1v) is 5.96. The van der Waals surface area contributed by atoms with Gasteiger partial charge in [0.05, 0.1) is 11.8 Å². The average Bonchev–Trinajstić information content (AvgIpc) is 2.42. The van der Waals surface area contributed by atoms with Crippen LogP contribution < -0.4 is 5.32 Å². The van der Waals surface area contributed by atoms with Crippen molar-refractivity contribution in [2.75, 3.05) is 0 Å². The molecule has 0 fully saturated rings. The molecule has 1 unspecified atom stereocenters. The first-order chi connectivity index (χ1) is 8.81. The molecule has 0 saturated carbocycles. The number of nitrogens with one attached hydrogen (secondary N) is 1. The van der Waals surface area contributed by atoms with Crippen molar-refractivity contribution >= 4 is 11.6 Å². The van der Waals surface area contributed by atoms with Gasteiger partial charge in [-0.05, 0) is 18.2 Å². The molecule has 1 aromatic carbocycles. The summed E-state index contributed by atoms with van der Waals surface area (Å²) in [4.78, 5) is 4.20. The molecule has 0 saturated heterocycles. The molecule has 0 aliphatic carbocycles. The summed E-state index contributed by atoms with van der Waals surface area (Å²) in [5.41, 5.74) is 1.68. The van der Waals surface area contributed by atoms with E-state index in [2.05, 4.69) is 16.4 Å². The molecular weight excluding hydrogens is 246 g/mol. The van der Waals surface area contributed by atoms with E-state index < -0.39 is 6.04 Å². The third kappa shape index (κ3) is 3.07. The summed E-state index contributed by atoms with van der Waals surface area (Å²) in [6, 6.07) is 14.8. The number of aromatic nitrogens is 1. The van der Waals surface area contributed by atoms with Gasteiger partial charge < -0.3 is 0 Å². The van der Waals surface area contributed by atoms with Crippen LogP contribution in [-0.4, -0.2) is 4.98 Å². The maximum atomic E-state index is 9.19. The molecule has 0 spiro atoms. The van der Waals surface area contributed by atoms with Gasteiger partial charge in [-0.1, -0.05) is 35.9 Å². The number of nitriles is 1. The molecule has 0 aliphatic heterocycles. The summed E-state index contributed by atoms with van der Waals surface area (Å²) in [6.07, 6.45) is 1.73. The number of benzene rings is 1. The molecule has 1 N–H and O–H groups in total. The van der Waals surface area contributed by atoms with Crippen LogP contribution in [-0.2, 0) is 6.54 Å². The van der Waals surface area contributed by atoms with E-state index in [1.807, 2.05) is 36.4 Å². The lowest BCUT2D eigenvalue weighted by molar-refractivity contribution is 0.621. The van der Waals surface area contributed by atoms with Crippen molar-refractivity contribution in [2.45, 2.75) is 12.6 Å². The molecule has 90 valence electrons. The molecule has 1 heterocycles. The van der Waals surface area contributed by atoms with Gasteiger partial charge in [-0.3, -0.25) is 10.3 Å². The number of pyridine rings is 1. The highest BCUT2D eigenvalue weighted by Gasteiger charge is 2.12. The van der Waals surface area contributed by atoms with E-state index in [1.54, 1.807) is 12.3 Å². The van der Waals surface area contributed by atoms with Crippen LogP contribution in [0.5, 0.6) is 0 Å². The minimum Gasteiger partial charge on any atom is -0.292 e. The Morgan fingerprint density at radius 2 is 2.00 bits per heavy atom. The van der Waals surface area contributed by atoms with Crippen LogP contribution in [0.3, 0.4) is 0 Å². The molecule has 0 bridgehead atoms. The minimum absolute atomic E-state index is 0.430. The largest absolute Gasteiger partial charge is 0.292 e. The molecule has 1 aromatic heterocycles. The van der Waals surface area contributed by atoms with E-state index in [9.17, 15) is 5.26 Å². The van der Waals surface area contributed by atoms with Gasteiger partial charge in [0.15, 0.2) is 0 Å². The molecule has 0 aliphatic rings. The van der Waals surface area contributed by atoms with E-state index in [0.29, 0.717) is 11.6 Å². The summed E-state index contributed by atoms with van der Waals surface area (Å²) in [6.45, 7) is 0.532. The molecule has 0 amide bonds. The zero-order valence-electron chi connectivity index (χ0n) is 9.68. The predicted octanol–water partition coefficient (Wildman–Crippen LogP) is 3.09. The van der Waals surface area contributed by atoms with E-state index in [4.69, 9.17) is 11.6 Å². The Kier molecular flexibility index (Phi) is 4.30. The van der Waals surface area contributed by atoms with Gasteiger partial charge in [0, 0.05) is 23.3 Å². The molecule has 0 radical (unpaired) electrons. The molecule has 1 atom stereocenters. The van der Waals surface area contributed by atoms with E-state index >= 15 is 0 Å². The summed E-state index contributed by atoms with van der Waals surface area (Å²) < 4.78 is 0. The molecular formula is C14H12ClN3. The van der Waals surface area contributed by atoms with Crippen LogP contribution in [0, 0.1) is 11.3 Å². The SMILES string of the molecule is N#CC(NCc1ccccn1)c1ccccc1Cl. The van der Waals surface area contributed by atoms with Gasteiger partial charge in [0.2, 0.25) is 0 Å². The summed E-state index contributed by atoms with van der Waals surface area (Å²) >= 11 is 6.07. The monoisotopic (exact) mass is 257 g/mol. The van der Waals surface area contributed by atoms with Crippen molar-refractivity contribution in [2.24, 2.45) is 0 Å². The summed E-state index contributed by atoms with van der Waals surface area (Å²) in [5.74, 6) is 0. The van der Waals surface area contributed by atoms with Crippen LogP contribution in [0.15, 0.2) is 48.7 Å². The predicted molar refractivity (Wildman–Crippen MR) is 70.9 cm³/mol. The molecule has 2 aromatic rings. The Labute approximate surface area is 111 Å². The lowest BCUT2D eigenvalue weighted by atomic mass is 10.1. The van der Waals surface area contributed by atoms with Gasteiger partial charge in [0.25, 0.3) is 0 Å². The van der Waals surface area contributed by atoms with Crippen LogP contribution in [0.4, 0.5) is 0 Å². The fourth-order valence-corrected chi connectivity index (χ4v) is 1.89. The van der Waals surface area contributed by atoms with Gasteiger partial charge in [-0.15, -0.1) is 0 Å². The molecule has 4 heteroatoms. The normalized spacial score (nSPS) is 11.8. The lowest BCUT2D eigenvalue weighted by Gasteiger charge is -2.12. The Morgan fingerprint density at radius 1 is 1.22 bits per heavy atom. The van der Waals surface area contributed by atoms with Crippen molar-refractivity contribution in [3.8, 4) is 6.07 Å². The smallest absolute Gasteiger partial charge is 0.123 e. The Morgan fingerprint density at radius 3 is 2.67 bits per heavy atom. The standard InChI is InChI=1S/C14H12ClN3/c15-13-7-2-1-6-12(13)14(9-16)18-10-11-5-3-4-8-17-11/h1-8,14,18H,10H2. The van der Waals surface area contributed by atoms with Gasteiger partial charge in [0.1, 0.15) is 6.04 Å². The number of hydrogen-bond donors (Lipinski definition) is 1. The highest BCUT2D eigenvalue weighted by Crippen LogP contribution is 2.22. The van der Waals surface area contributed by atoms with Crippen LogP contribution >= 0.6 is 11.6 Å². The van der Waals surface area contributed by atoms with Gasteiger partial charge in [-0.2, -0.15) is 5.26 Å². The van der Waals surface area contributed by atoms with E-state index in [1.165, 1.54) is 0 Å². The highest BCUT2D eigenvalue weighted by molar-refractivity contribution is 6.31. The zero-order valence-corrected chi connectivity index (χ0v) is 10.4. The zero-order chi connectivity index (χ0) is 12.8. The lowest BCUT2D eigenvalue weighted by Crippen LogP contribution is -2.20. The Hall–Kier alpha value is -1.89. The Bertz CT molecular complexity index is 548. The first kappa shape index (κ1) is 12.6. The van der Waals surface area contributed by atoms with Gasteiger partial charge in [-0.25, -0.2) is 0 Å². The van der Waals surface area contributed by atoms with E-state index in [-0.39, 0.29) is 0 Å². The van der Waals surface area contributed by atoms with Crippen molar-refractivity contribution in [1.29, 1.82) is 5.26 Å². The van der Waals surface area contributed by atoms with Crippen molar-refractivity contribution in [1.82, 2.24) is 10.3 Å². The number of rotatable bonds is 4. The average molecular weight is 258 g/mol.